The third kappa shape index (κ3) is 2.88. The Labute approximate surface area is 116 Å². The molecule has 104 valence electrons. The number of halogens is 1. The van der Waals surface area contributed by atoms with Gasteiger partial charge in [-0.25, -0.2) is 4.39 Å². The van der Waals surface area contributed by atoms with E-state index in [1.165, 1.54) is 13.2 Å². The van der Waals surface area contributed by atoms with E-state index in [2.05, 4.69) is 5.32 Å². The zero-order valence-electron chi connectivity index (χ0n) is 11.2. The van der Waals surface area contributed by atoms with Crippen LogP contribution in [0, 0.1) is 12.7 Å². The first-order chi connectivity index (χ1) is 9.51. The zero-order chi connectivity index (χ0) is 14.7. The van der Waals surface area contributed by atoms with Crippen molar-refractivity contribution in [2.75, 3.05) is 18.2 Å². The van der Waals surface area contributed by atoms with Crippen molar-refractivity contribution in [2.24, 2.45) is 0 Å². The lowest BCUT2D eigenvalue weighted by Crippen LogP contribution is -2.12. The summed E-state index contributed by atoms with van der Waals surface area (Å²) in [6.45, 7) is 1.64. The molecule has 2 rings (SSSR count). The average Bonchev–Trinajstić information content (AvgIpc) is 2.43. The molecule has 0 saturated carbocycles. The highest BCUT2D eigenvalue weighted by Crippen LogP contribution is 2.25. The Morgan fingerprint density at radius 3 is 2.65 bits per heavy atom. The monoisotopic (exact) mass is 274 g/mol. The molecule has 2 aromatic carbocycles. The van der Waals surface area contributed by atoms with Gasteiger partial charge in [0.15, 0.2) is 0 Å². The minimum Gasteiger partial charge on any atom is -0.495 e. The van der Waals surface area contributed by atoms with Crippen LogP contribution in [0.1, 0.15) is 15.9 Å². The number of nitrogens with one attached hydrogen (secondary N) is 1. The number of carbonyl (C=O) groups excluding carboxylic acids is 1. The van der Waals surface area contributed by atoms with Crippen molar-refractivity contribution in [3.8, 4) is 5.75 Å². The predicted octanol–water partition coefficient (Wildman–Crippen LogP) is 2.98. The SMILES string of the molecule is COc1cc(NC(=O)c2ccc(C)c(F)c2)ccc1N. The Balaban J connectivity index is 2.21. The highest BCUT2D eigenvalue weighted by Gasteiger charge is 2.09. The van der Waals surface area contributed by atoms with Gasteiger partial charge in [0.2, 0.25) is 0 Å². The molecule has 0 aromatic heterocycles. The summed E-state index contributed by atoms with van der Waals surface area (Å²) < 4.78 is 18.5. The van der Waals surface area contributed by atoms with Crippen LogP contribution in [0.5, 0.6) is 5.75 Å². The van der Waals surface area contributed by atoms with Gasteiger partial charge in [-0.15, -0.1) is 0 Å². The number of benzene rings is 2. The molecule has 0 heterocycles. The van der Waals surface area contributed by atoms with Crippen LogP contribution < -0.4 is 15.8 Å². The number of amides is 1. The van der Waals surface area contributed by atoms with Crippen LogP contribution in [0.3, 0.4) is 0 Å². The second-order valence-corrected chi connectivity index (χ2v) is 4.37. The number of methoxy groups -OCH3 is 1. The second kappa shape index (κ2) is 5.61. The maximum absolute atomic E-state index is 13.4. The Morgan fingerprint density at radius 1 is 1.25 bits per heavy atom. The molecule has 2 aromatic rings. The number of rotatable bonds is 3. The largest absolute Gasteiger partial charge is 0.495 e. The quantitative estimate of drug-likeness (QED) is 0.846. The highest BCUT2D eigenvalue weighted by molar-refractivity contribution is 6.04. The summed E-state index contributed by atoms with van der Waals surface area (Å²) in [5.41, 5.74) is 7.45. The summed E-state index contributed by atoms with van der Waals surface area (Å²) in [7, 11) is 1.49. The molecule has 0 fully saturated rings. The van der Waals surface area contributed by atoms with Gasteiger partial charge in [-0.1, -0.05) is 6.07 Å². The summed E-state index contributed by atoms with van der Waals surface area (Å²) in [4.78, 5) is 12.0. The Hall–Kier alpha value is -2.56. The zero-order valence-corrected chi connectivity index (χ0v) is 11.2. The van der Waals surface area contributed by atoms with Gasteiger partial charge < -0.3 is 15.8 Å². The molecule has 0 aliphatic heterocycles. The first-order valence-electron chi connectivity index (χ1n) is 6.02. The lowest BCUT2D eigenvalue weighted by Gasteiger charge is -2.09. The smallest absolute Gasteiger partial charge is 0.255 e. The molecule has 0 aliphatic carbocycles. The molecular weight excluding hydrogens is 259 g/mol. The van der Waals surface area contributed by atoms with Gasteiger partial charge in [-0.3, -0.25) is 4.79 Å². The molecule has 4 nitrogen and oxygen atoms in total. The maximum Gasteiger partial charge on any atom is 0.255 e. The number of carbonyl (C=O) groups is 1. The van der Waals surface area contributed by atoms with Crippen molar-refractivity contribution in [3.05, 3.63) is 53.3 Å². The number of hydrogen-bond donors (Lipinski definition) is 2. The maximum atomic E-state index is 13.4. The minimum atomic E-state index is -0.410. The molecule has 0 bridgehead atoms. The van der Waals surface area contributed by atoms with Crippen LogP contribution >= 0.6 is 0 Å². The Morgan fingerprint density at radius 2 is 2.00 bits per heavy atom. The first kappa shape index (κ1) is 13.9. The van der Waals surface area contributed by atoms with E-state index in [0.717, 1.165) is 0 Å². The molecule has 20 heavy (non-hydrogen) atoms. The average molecular weight is 274 g/mol. The van der Waals surface area contributed by atoms with Crippen molar-refractivity contribution in [3.63, 3.8) is 0 Å². The van der Waals surface area contributed by atoms with Crippen molar-refractivity contribution in [2.45, 2.75) is 6.92 Å². The minimum absolute atomic E-state index is 0.254. The fraction of sp³-hybridized carbons (Fsp3) is 0.133. The van der Waals surface area contributed by atoms with Gasteiger partial charge >= 0.3 is 0 Å². The number of nitrogens with two attached hydrogens (primary N) is 1. The fourth-order valence-corrected chi connectivity index (χ4v) is 1.73. The number of anilines is 2. The van der Waals surface area contributed by atoms with Gasteiger partial charge in [0.05, 0.1) is 12.8 Å². The molecule has 0 atom stereocenters. The first-order valence-corrected chi connectivity index (χ1v) is 6.02. The fourth-order valence-electron chi connectivity index (χ4n) is 1.73. The summed E-state index contributed by atoms with van der Waals surface area (Å²) in [6, 6.07) is 9.23. The number of nitrogen functional groups attached to an aromatic ring is 1. The third-order valence-electron chi connectivity index (χ3n) is 2.93. The van der Waals surface area contributed by atoms with E-state index in [0.29, 0.717) is 22.7 Å². The molecule has 1 amide bonds. The van der Waals surface area contributed by atoms with E-state index in [-0.39, 0.29) is 5.56 Å². The van der Waals surface area contributed by atoms with Gasteiger partial charge in [0, 0.05) is 17.3 Å². The van der Waals surface area contributed by atoms with Crippen LogP contribution in [0.25, 0.3) is 0 Å². The number of ether oxygens (including phenoxy) is 1. The van der Waals surface area contributed by atoms with Gasteiger partial charge in [-0.2, -0.15) is 0 Å². The second-order valence-electron chi connectivity index (χ2n) is 4.37. The lowest BCUT2D eigenvalue weighted by molar-refractivity contribution is 0.102. The molecule has 0 radical (unpaired) electrons. The normalized spacial score (nSPS) is 10.2. The van der Waals surface area contributed by atoms with E-state index in [1.54, 1.807) is 37.3 Å². The summed E-state index contributed by atoms with van der Waals surface area (Å²) in [6.07, 6.45) is 0. The molecule has 3 N–H and O–H groups in total. The van der Waals surface area contributed by atoms with Gasteiger partial charge in [0.1, 0.15) is 11.6 Å². The van der Waals surface area contributed by atoms with Crippen LogP contribution in [0.15, 0.2) is 36.4 Å². The van der Waals surface area contributed by atoms with Crippen LogP contribution in [0.2, 0.25) is 0 Å². The third-order valence-corrected chi connectivity index (χ3v) is 2.93. The standard InChI is InChI=1S/C15H15FN2O2/c1-9-3-4-10(7-12(9)16)15(19)18-11-5-6-13(17)14(8-11)20-2/h3-8H,17H2,1-2H3,(H,18,19). The summed E-state index contributed by atoms with van der Waals surface area (Å²) in [5, 5.41) is 2.67. The van der Waals surface area contributed by atoms with E-state index in [1.807, 2.05) is 0 Å². The topological polar surface area (TPSA) is 64.3 Å². The van der Waals surface area contributed by atoms with Crippen LogP contribution in [0.4, 0.5) is 15.8 Å². The van der Waals surface area contributed by atoms with Gasteiger partial charge in [-0.05, 0) is 36.8 Å². The van der Waals surface area contributed by atoms with Crippen molar-refractivity contribution < 1.29 is 13.9 Å². The molecule has 0 unspecified atom stereocenters. The molecule has 5 heteroatoms. The van der Waals surface area contributed by atoms with Gasteiger partial charge in [0.25, 0.3) is 5.91 Å². The lowest BCUT2D eigenvalue weighted by atomic mass is 10.1. The van der Waals surface area contributed by atoms with Crippen molar-refractivity contribution >= 4 is 17.3 Å². The summed E-state index contributed by atoms with van der Waals surface area (Å²) in [5.74, 6) is -0.332. The summed E-state index contributed by atoms with van der Waals surface area (Å²) >= 11 is 0. The Bertz CT molecular complexity index is 656. The Kier molecular flexibility index (Phi) is 3.89. The van der Waals surface area contributed by atoms with E-state index in [9.17, 15) is 9.18 Å². The van der Waals surface area contributed by atoms with E-state index >= 15 is 0 Å². The molecule has 0 aliphatic rings. The number of aryl methyl sites for hydroxylation is 1. The van der Waals surface area contributed by atoms with Crippen LogP contribution in [-0.2, 0) is 0 Å². The number of hydrogen-bond acceptors (Lipinski definition) is 3. The van der Waals surface area contributed by atoms with Crippen LogP contribution in [-0.4, -0.2) is 13.0 Å². The highest BCUT2D eigenvalue weighted by atomic mass is 19.1. The molecular formula is C15H15FN2O2. The molecule has 0 spiro atoms. The molecule has 0 saturated heterocycles. The van der Waals surface area contributed by atoms with Crippen molar-refractivity contribution in [1.82, 2.24) is 0 Å². The van der Waals surface area contributed by atoms with E-state index in [4.69, 9.17) is 10.5 Å². The van der Waals surface area contributed by atoms with Crippen molar-refractivity contribution in [1.29, 1.82) is 0 Å². The predicted molar refractivity (Wildman–Crippen MR) is 76.5 cm³/mol. The van der Waals surface area contributed by atoms with E-state index < -0.39 is 11.7 Å².